The van der Waals surface area contributed by atoms with E-state index in [2.05, 4.69) is 26.1 Å². The Balaban J connectivity index is 1.60. The zero-order valence-electron chi connectivity index (χ0n) is 23.9. The summed E-state index contributed by atoms with van der Waals surface area (Å²) < 4.78 is 35.2. The smallest absolute Gasteiger partial charge is 0.341 e. The molecule has 3 aromatic rings. The van der Waals surface area contributed by atoms with E-state index in [-0.39, 0.29) is 34.8 Å². The van der Waals surface area contributed by atoms with Gasteiger partial charge in [-0.25, -0.2) is 9.59 Å². The zero-order valence-corrected chi connectivity index (χ0v) is 26.9. The minimum atomic E-state index is -0.922. The lowest BCUT2D eigenvalue weighted by Gasteiger charge is -2.29. The molecule has 1 aromatic heterocycles. The molecule has 0 amide bonds. The van der Waals surface area contributed by atoms with E-state index >= 15 is 0 Å². The summed E-state index contributed by atoms with van der Waals surface area (Å²) in [4.78, 5) is 39.3. The van der Waals surface area contributed by atoms with Crippen molar-refractivity contribution in [3.05, 3.63) is 72.6 Å². The van der Waals surface area contributed by atoms with Crippen LogP contribution in [0.25, 0.3) is 11.0 Å². The van der Waals surface area contributed by atoms with Crippen molar-refractivity contribution in [2.45, 2.75) is 38.7 Å². The van der Waals surface area contributed by atoms with Crippen LogP contribution in [0.15, 0.2) is 33.5 Å². The molecule has 0 radical (unpaired) electrons. The molecule has 1 unspecified atom stereocenters. The summed E-state index contributed by atoms with van der Waals surface area (Å²) in [5.41, 5.74) is 1.59. The van der Waals surface area contributed by atoms with Gasteiger partial charge in [-0.1, -0.05) is 8.93 Å². The fourth-order valence-corrected chi connectivity index (χ4v) is 6.00. The number of benzene rings is 2. The highest BCUT2D eigenvalue weighted by molar-refractivity contribution is 14.2. The van der Waals surface area contributed by atoms with Crippen molar-refractivity contribution in [2.24, 2.45) is 0 Å². The highest BCUT2D eigenvalue weighted by atomic mass is 127. The van der Waals surface area contributed by atoms with Gasteiger partial charge in [0.25, 0.3) is 5.69 Å². The Morgan fingerprint density at radius 3 is 2.72 bits per heavy atom. The number of carbonyl (C=O) groups is 1. The third-order valence-corrected chi connectivity index (χ3v) is 9.05. The molecule has 3 heterocycles. The Morgan fingerprint density at radius 1 is 1.26 bits per heavy atom. The number of nitro benzene ring substituents is 1. The maximum atomic E-state index is 13.2. The van der Waals surface area contributed by atoms with Crippen molar-refractivity contribution in [1.29, 1.82) is 0 Å². The summed E-state index contributed by atoms with van der Waals surface area (Å²) in [6, 6.07) is 5.89. The highest BCUT2D eigenvalue weighted by Crippen LogP contribution is 2.46. The van der Waals surface area contributed by atoms with Crippen molar-refractivity contribution in [1.82, 2.24) is 4.90 Å². The molecule has 0 bridgehead atoms. The number of halogens is 1. The second kappa shape index (κ2) is 13.8. The van der Waals surface area contributed by atoms with Crippen LogP contribution in [0, 0.1) is 10.1 Å². The molecule has 2 aliphatic heterocycles. The maximum Gasteiger partial charge on any atom is 0.341 e. The molecule has 2 aromatic carbocycles. The van der Waals surface area contributed by atoms with E-state index < -0.39 is 28.9 Å². The first-order chi connectivity index (χ1) is 20.7. The number of carbonyl (C=O) groups excluding carboxylic acids is 1. The first-order valence-electron chi connectivity index (χ1n) is 13.7. The average molecular weight is 727 g/mol. The summed E-state index contributed by atoms with van der Waals surface area (Å²) in [6.45, 7) is 3.89. The number of rotatable bonds is 10. The van der Waals surface area contributed by atoms with Gasteiger partial charge in [0.05, 0.1) is 47.5 Å². The predicted molar refractivity (Wildman–Crippen MR) is 167 cm³/mol. The molecular formula is C29H31IN2O10S. The van der Waals surface area contributed by atoms with Crippen molar-refractivity contribution in [3.63, 3.8) is 0 Å². The van der Waals surface area contributed by atoms with Crippen LogP contribution in [0.5, 0.6) is 11.5 Å². The molecule has 230 valence electrons. The van der Waals surface area contributed by atoms with Gasteiger partial charge >= 0.3 is 11.6 Å². The van der Waals surface area contributed by atoms with Crippen LogP contribution in [0.1, 0.15) is 58.4 Å². The second-order valence-electron chi connectivity index (χ2n) is 10.2. The van der Waals surface area contributed by atoms with Crippen LogP contribution in [0.2, 0.25) is 0 Å². The number of fused-ring (bicyclic) bond motifs is 3. The van der Waals surface area contributed by atoms with Gasteiger partial charge in [0, 0.05) is 30.3 Å². The quantitative estimate of drug-likeness (QED) is 0.0650. The number of nitro groups is 1. The second-order valence-corrected chi connectivity index (χ2v) is 12.7. The lowest BCUT2D eigenvalue weighted by atomic mass is 9.95. The molecule has 5 rings (SSSR count). The van der Waals surface area contributed by atoms with E-state index in [1.165, 1.54) is 34.2 Å². The van der Waals surface area contributed by atoms with Gasteiger partial charge in [-0.3, -0.25) is 10.1 Å². The van der Waals surface area contributed by atoms with Crippen molar-refractivity contribution in [3.8, 4) is 11.5 Å². The molecule has 2 aliphatic rings. The molecule has 0 saturated carbocycles. The van der Waals surface area contributed by atoms with Gasteiger partial charge in [0.2, 0.25) is 0 Å². The first kappa shape index (κ1) is 31.5. The first-order valence-corrected chi connectivity index (χ1v) is 17.2. The number of hydrogen-bond acceptors (Lipinski definition) is 12. The number of hydrogen-bond donors (Lipinski definition) is 0. The standard InChI is InChI=1S/C29H31IN2O10S/c1-16(18-6-5-17(13-22(18)32(35)36)27(33)38-11-12-43-30)41-26-23(37-3)14-20-19-7-8-31(2)15-21(19)28(34)42-25(20)24(26)29-39-9-4-10-40-29/h5-6,13-14,16,29H,4,7-12,15H2,1-3H3. The van der Waals surface area contributed by atoms with Gasteiger partial charge in [0.15, 0.2) is 23.4 Å². The van der Waals surface area contributed by atoms with Crippen molar-refractivity contribution in [2.75, 3.05) is 46.3 Å². The normalized spacial score (nSPS) is 16.5. The van der Waals surface area contributed by atoms with E-state index in [1.807, 2.05) is 7.05 Å². The molecule has 0 N–H and O–H groups in total. The summed E-state index contributed by atoms with van der Waals surface area (Å²) in [6.07, 6.45) is -0.493. The zero-order chi connectivity index (χ0) is 30.7. The van der Waals surface area contributed by atoms with Crippen molar-refractivity contribution >= 4 is 52.8 Å². The van der Waals surface area contributed by atoms with Crippen LogP contribution in [0.4, 0.5) is 5.69 Å². The van der Waals surface area contributed by atoms with E-state index in [0.717, 1.165) is 12.1 Å². The van der Waals surface area contributed by atoms with E-state index in [4.69, 9.17) is 28.1 Å². The minimum Gasteiger partial charge on any atom is -0.493 e. The third-order valence-electron chi connectivity index (χ3n) is 7.41. The Labute approximate surface area is 263 Å². The predicted octanol–water partition coefficient (Wildman–Crippen LogP) is 5.51. The number of esters is 1. The topological polar surface area (TPSA) is 140 Å². The summed E-state index contributed by atoms with van der Waals surface area (Å²) >= 11 is 2.09. The maximum absolute atomic E-state index is 13.2. The summed E-state index contributed by atoms with van der Waals surface area (Å²) in [5.74, 6) is 0.461. The Hall–Kier alpha value is -2.92. The largest absolute Gasteiger partial charge is 0.493 e. The molecule has 1 fully saturated rings. The van der Waals surface area contributed by atoms with Gasteiger partial charge in [0.1, 0.15) is 12.7 Å². The van der Waals surface area contributed by atoms with Gasteiger partial charge < -0.3 is 33.0 Å². The SMILES string of the molecule is COc1cc2c3c(c(=O)oc2c(C2OCCCO2)c1OC(C)c1ccc(C(=O)OCCSI)cc1[N+](=O)[O-])CN(C)CC3. The lowest BCUT2D eigenvalue weighted by molar-refractivity contribution is -0.386. The molecule has 12 nitrogen and oxygen atoms in total. The third kappa shape index (κ3) is 6.62. The molecule has 0 spiro atoms. The molecular weight excluding hydrogens is 695 g/mol. The number of methoxy groups -OCH3 is 1. The Kier molecular flexibility index (Phi) is 10.1. The lowest BCUT2D eigenvalue weighted by Crippen LogP contribution is -2.31. The molecule has 1 saturated heterocycles. The monoisotopic (exact) mass is 726 g/mol. The molecule has 0 aliphatic carbocycles. The van der Waals surface area contributed by atoms with E-state index in [9.17, 15) is 19.7 Å². The van der Waals surface area contributed by atoms with Crippen LogP contribution in [0.3, 0.4) is 0 Å². The van der Waals surface area contributed by atoms with Gasteiger partial charge in [-0.05, 0) is 71.8 Å². The summed E-state index contributed by atoms with van der Waals surface area (Å²) in [5, 5.41) is 12.8. The number of nitrogens with zero attached hydrogens (tertiary/aromatic N) is 2. The van der Waals surface area contributed by atoms with E-state index in [1.54, 1.807) is 13.0 Å². The minimum absolute atomic E-state index is 0.0614. The Morgan fingerprint density at radius 2 is 2.02 bits per heavy atom. The molecule has 1 atom stereocenters. The van der Waals surface area contributed by atoms with Crippen LogP contribution >= 0.6 is 30.1 Å². The van der Waals surface area contributed by atoms with Crippen LogP contribution in [-0.4, -0.2) is 62.1 Å². The highest BCUT2D eigenvalue weighted by Gasteiger charge is 2.33. The van der Waals surface area contributed by atoms with Crippen LogP contribution < -0.4 is 15.1 Å². The average Bonchev–Trinajstić information content (AvgIpc) is 3.01. The fourth-order valence-electron chi connectivity index (χ4n) is 5.32. The summed E-state index contributed by atoms with van der Waals surface area (Å²) in [7, 11) is 4.93. The van der Waals surface area contributed by atoms with Crippen molar-refractivity contribution < 1.29 is 37.8 Å². The van der Waals surface area contributed by atoms with Gasteiger partial charge in [-0.2, -0.15) is 0 Å². The number of ether oxygens (including phenoxy) is 5. The molecule has 43 heavy (non-hydrogen) atoms. The van der Waals surface area contributed by atoms with Gasteiger partial charge in [-0.15, -0.1) is 0 Å². The van der Waals surface area contributed by atoms with Crippen LogP contribution in [-0.2, 0) is 27.2 Å². The number of likely N-dealkylation sites (N-methyl/N-ethyl adjacent to an activating group) is 1. The Bertz CT molecular complexity index is 1590. The molecule has 14 heteroatoms. The fraction of sp³-hybridized carbons (Fsp3) is 0.448. The van der Waals surface area contributed by atoms with E-state index in [0.29, 0.717) is 60.6 Å².